The molecule has 5 heteroatoms. The van der Waals surface area contributed by atoms with E-state index < -0.39 is 5.97 Å². The molecule has 0 spiro atoms. The van der Waals surface area contributed by atoms with Gasteiger partial charge in [0.05, 0.1) is 5.56 Å². The Hall–Kier alpha value is -1.91. The Morgan fingerprint density at radius 3 is 2.87 bits per heavy atom. The van der Waals surface area contributed by atoms with Crippen LogP contribution in [0, 0.1) is 0 Å². The van der Waals surface area contributed by atoms with E-state index in [9.17, 15) is 9.59 Å². The molecule has 1 aromatic heterocycles. The molecule has 15 heavy (non-hydrogen) atoms. The number of aromatic nitrogens is 1. The van der Waals surface area contributed by atoms with E-state index >= 15 is 0 Å². The molecule has 80 valence electrons. The highest BCUT2D eigenvalue weighted by molar-refractivity contribution is 5.92. The molecule has 1 heterocycles. The van der Waals surface area contributed by atoms with Gasteiger partial charge in [-0.15, -0.1) is 0 Å². The van der Waals surface area contributed by atoms with E-state index in [0.29, 0.717) is 6.42 Å². The Morgan fingerprint density at radius 1 is 1.53 bits per heavy atom. The molecule has 0 aliphatic heterocycles. The number of hydrogen-bond donors (Lipinski definition) is 2. The van der Waals surface area contributed by atoms with Crippen LogP contribution in [-0.4, -0.2) is 22.0 Å². The van der Waals surface area contributed by atoms with Gasteiger partial charge in [-0.25, -0.2) is 9.78 Å². The van der Waals surface area contributed by atoms with Crippen molar-refractivity contribution >= 4 is 17.7 Å². The number of aromatic carboxylic acids is 1. The number of carboxylic acids is 1. The van der Waals surface area contributed by atoms with Crippen LogP contribution in [0.2, 0.25) is 0 Å². The van der Waals surface area contributed by atoms with E-state index in [1.807, 2.05) is 6.92 Å². The number of carbonyl (C=O) groups excluding carboxylic acids is 1. The van der Waals surface area contributed by atoms with Gasteiger partial charge in [0.15, 0.2) is 0 Å². The Balaban J connectivity index is 2.73. The number of carboxylic acid groups (broad SMARTS) is 1. The lowest BCUT2D eigenvalue weighted by molar-refractivity contribution is -0.116. The molecule has 2 N–H and O–H groups in total. The van der Waals surface area contributed by atoms with Crippen LogP contribution in [0.5, 0.6) is 0 Å². The van der Waals surface area contributed by atoms with Gasteiger partial charge < -0.3 is 10.4 Å². The number of anilines is 1. The fraction of sp³-hybridized carbons (Fsp3) is 0.300. The maximum absolute atomic E-state index is 11.2. The zero-order chi connectivity index (χ0) is 11.3. The monoisotopic (exact) mass is 208 g/mol. The number of nitrogens with one attached hydrogen (secondary N) is 1. The van der Waals surface area contributed by atoms with E-state index in [1.54, 1.807) is 0 Å². The highest BCUT2D eigenvalue weighted by Gasteiger charge is 2.06. The Bertz CT molecular complexity index is 377. The summed E-state index contributed by atoms with van der Waals surface area (Å²) >= 11 is 0. The number of nitrogens with zero attached hydrogens (tertiary/aromatic N) is 1. The van der Waals surface area contributed by atoms with Crippen LogP contribution in [-0.2, 0) is 4.79 Å². The van der Waals surface area contributed by atoms with Crippen LogP contribution >= 0.6 is 0 Å². The maximum atomic E-state index is 11.2. The van der Waals surface area contributed by atoms with Crippen LogP contribution in [0.4, 0.5) is 5.82 Å². The number of carbonyl (C=O) groups is 2. The fourth-order valence-corrected chi connectivity index (χ4v) is 1.06. The minimum Gasteiger partial charge on any atom is -0.478 e. The first-order valence-electron chi connectivity index (χ1n) is 4.62. The highest BCUT2D eigenvalue weighted by atomic mass is 16.4. The van der Waals surface area contributed by atoms with Gasteiger partial charge in [-0.05, 0) is 18.6 Å². The van der Waals surface area contributed by atoms with Gasteiger partial charge in [0, 0.05) is 12.6 Å². The van der Waals surface area contributed by atoms with Crippen LogP contribution < -0.4 is 5.32 Å². The summed E-state index contributed by atoms with van der Waals surface area (Å²) in [6.45, 7) is 1.89. The smallest absolute Gasteiger partial charge is 0.335 e. The molecule has 0 atom stereocenters. The molecule has 0 saturated heterocycles. The van der Waals surface area contributed by atoms with Gasteiger partial charge in [-0.3, -0.25) is 4.79 Å². The molecule has 0 saturated carbocycles. The third-order valence-electron chi connectivity index (χ3n) is 1.75. The average Bonchev–Trinajstić information content (AvgIpc) is 2.18. The van der Waals surface area contributed by atoms with Crippen molar-refractivity contribution in [2.45, 2.75) is 19.8 Å². The molecule has 1 aromatic rings. The van der Waals surface area contributed by atoms with E-state index in [0.717, 1.165) is 6.42 Å². The Labute approximate surface area is 87.1 Å². The summed E-state index contributed by atoms with van der Waals surface area (Å²) in [6, 6.07) is 2.70. The summed E-state index contributed by atoms with van der Waals surface area (Å²) in [5, 5.41) is 11.2. The molecular weight excluding hydrogens is 196 g/mol. The van der Waals surface area contributed by atoms with Crippen molar-refractivity contribution in [3.8, 4) is 0 Å². The molecule has 5 nitrogen and oxygen atoms in total. The predicted molar refractivity (Wildman–Crippen MR) is 54.7 cm³/mol. The van der Waals surface area contributed by atoms with Gasteiger partial charge in [0.2, 0.25) is 5.91 Å². The van der Waals surface area contributed by atoms with E-state index in [4.69, 9.17) is 5.11 Å². The van der Waals surface area contributed by atoms with Crippen molar-refractivity contribution in [1.82, 2.24) is 4.98 Å². The lowest BCUT2D eigenvalue weighted by Gasteiger charge is -2.03. The summed E-state index contributed by atoms with van der Waals surface area (Å²) < 4.78 is 0. The molecule has 1 rings (SSSR count). The third kappa shape index (κ3) is 3.38. The maximum Gasteiger partial charge on any atom is 0.335 e. The second kappa shape index (κ2) is 5.09. The summed E-state index contributed by atoms with van der Waals surface area (Å²) in [6.07, 6.45) is 2.49. The van der Waals surface area contributed by atoms with Crippen molar-refractivity contribution < 1.29 is 14.7 Å². The van der Waals surface area contributed by atoms with Crippen LogP contribution in [0.25, 0.3) is 0 Å². The zero-order valence-electron chi connectivity index (χ0n) is 8.36. The van der Waals surface area contributed by atoms with Gasteiger partial charge in [0.25, 0.3) is 0 Å². The topological polar surface area (TPSA) is 79.3 Å². The van der Waals surface area contributed by atoms with Crippen LogP contribution in [0.3, 0.4) is 0 Å². The fourth-order valence-electron chi connectivity index (χ4n) is 1.06. The molecule has 0 aromatic carbocycles. The molecule has 0 aliphatic carbocycles. The minimum atomic E-state index is -1.04. The first-order chi connectivity index (χ1) is 7.13. The molecular formula is C10H12N2O3. The average molecular weight is 208 g/mol. The van der Waals surface area contributed by atoms with E-state index in [1.165, 1.54) is 18.3 Å². The zero-order valence-corrected chi connectivity index (χ0v) is 8.36. The molecule has 0 fully saturated rings. The molecule has 1 amide bonds. The largest absolute Gasteiger partial charge is 0.478 e. The normalized spacial score (nSPS) is 9.67. The van der Waals surface area contributed by atoms with E-state index in [-0.39, 0.29) is 17.3 Å². The third-order valence-corrected chi connectivity index (χ3v) is 1.75. The molecule has 0 unspecified atom stereocenters. The van der Waals surface area contributed by atoms with E-state index in [2.05, 4.69) is 10.3 Å². The molecule has 0 aliphatic rings. The lowest BCUT2D eigenvalue weighted by atomic mass is 10.2. The SMILES string of the molecule is CCCC(=O)Nc1cc(C(=O)O)ccn1. The quantitative estimate of drug-likeness (QED) is 0.786. The Morgan fingerprint density at radius 2 is 2.27 bits per heavy atom. The Kier molecular flexibility index (Phi) is 3.79. The summed E-state index contributed by atoms with van der Waals surface area (Å²) in [7, 11) is 0. The molecule has 0 radical (unpaired) electrons. The minimum absolute atomic E-state index is 0.108. The number of pyridine rings is 1. The summed E-state index contributed by atoms with van der Waals surface area (Å²) in [5.41, 5.74) is 0.108. The second-order valence-corrected chi connectivity index (χ2v) is 3.03. The summed E-state index contributed by atoms with van der Waals surface area (Å²) in [5.74, 6) is -0.927. The highest BCUT2D eigenvalue weighted by Crippen LogP contribution is 2.07. The number of hydrogen-bond acceptors (Lipinski definition) is 3. The van der Waals surface area contributed by atoms with Crippen molar-refractivity contribution in [2.75, 3.05) is 5.32 Å². The van der Waals surface area contributed by atoms with Gasteiger partial charge in [-0.1, -0.05) is 6.92 Å². The van der Waals surface area contributed by atoms with Gasteiger partial charge >= 0.3 is 5.97 Å². The van der Waals surface area contributed by atoms with Crippen LogP contribution in [0.15, 0.2) is 18.3 Å². The second-order valence-electron chi connectivity index (χ2n) is 3.03. The standard InChI is InChI=1S/C10H12N2O3/c1-2-3-9(13)12-8-6-7(10(14)15)4-5-11-8/h4-6H,2-3H2,1H3,(H,14,15)(H,11,12,13). The number of amides is 1. The first kappa shape index (κ1) is 11.2. The van der Waals surface area contributed by atoms with Gasteiger partial charge in [0.1, 0.15) is 5.82 Å². The van der Waals surface area contributed by atoms with Crippen molar-refractivity contribution in [1.29, 1.82) is 0 Å². The first-order valence-corrected chi connectivity index (χ1v) is 4.62. The number of rotatable bonds is 4. The van der Waals surface area contributed by atoms with Gasteiger partial charge in [-0.2, -0.15) is 0 Å². The van der Waals surface area contributed by atoms with Crippen molar-refractivity contribution in [2.24, 2.45) is 0 Å². The summed E-state index contributed by atoms with van der Waals surface area (Å²) in [4.78, 5) is 25.7. The van der Waals surface area contributed by atoms with Crippen molar-refractivity contribution in [3.63, 3.8) is 0 Å². The van der Waals surface area contributed by atoms with Crippen LogP contribution in [0.1, 0.15) is 30.1 Å². The molecule has 0 bridgehead atoms. The predicted octanol–water partition coefficient (Wildman–Crippen LogP) is 1.52. The van der Waals surface area contributed by atoms with Crippen molar-refractivity contribution in [3.05, 3.63) is 23.9 Å². The lowest BCUT2D eigenvalue weighted by Crippen LogP contribution is -2.12.